The molecule has 3 nitrogen and oxygen atoms in total. The van der Waals surface area contributed by atoms with Crippen molar-refractivity contribution in [2.45, 2.75) is 32.9 Å². The molecule has 1 aromatic rings. The Morgan fingerprint density at radius 1 is 1.26 bits per heavy atom. The second kappa shape index (κ2) is 7.43. The van der Waals surface area contributed by atoms with Crippen LogP contribution in [0, 0.1) is 5.41 Å². The third kappa shape index (κ3) is 5.55. The van der Waals surface area contributed by atoms with Gasteiger partial charge in [0.1, 0.15) is 0 Å². The summed E-state index contributed by atoms with van der Waals surface area (Å²) in [5, 5.41) is 2.86. The molecule has 0 fully saturated rings. The molecule has 1 N–H and O–H groups in total. The molecule has 1 atom stereocenters. The Labute approximate surface area is 118 Å². The normalized spacial score (nSPS) is 13.0. The van der Waals surface area contributed by atoms with E-state index in [4.69, 9.17) is 0 Å². The lowest BCUT2D eigenvalue weighted by molar-refractivity contribution is -0.129. The van der Waals surface area contributed by atoms with Crippen molar-refractivity contribution in [3.05, 3.63) is 35.9 Å². The van der Waals surface area contributed by atoms with Crippen LogP contribution in [0.1, 0.15) is 32.8 Å². The average Bonchev–Trinajstić information content (AvgIpc) is 2.39. The maximum Gasteiger partial charge on any atom is 0.225 e. The summed E-state index contributed by atoms with van der Waals surface area (Å²) in [5.41, 5.74) is 0.724. The minimum Gasteiger partial charge on any atom is -0.355 e. The number of amides is 1. The summed E-state index contributed by atoms with van der Waals surface area (Å²) >= 11 is 0. The van der Waals surface area contributed by atoms with Gasteiger partial charge in [0.05, 0.1) is 0 Å². The molecule has 19 heavy (non-hydrogen) atoms. The van der Waals surface area contributed by atoms with E-state index in [2.05, 4.69) is 5.32 Å². The van der Waals surface area contributed by atoms with Crippen LogP contribution in [-0.4, -0.2) is 22.4 Å². The predicted octanol–water partition coefficient (Wildman–Crippen LogP) is 2.49. The topological polar surface area (TPSA) is 46.2 Å². The number of carbonyl (C=O) groups excluding carboxylic acids is 1. The molecule has 0 aliphatic carbocycles. The number of nitrogens with one attached hydrogen (secondary N) is 1. The molecule has 0 radical (unpaired) electrons. The molecule has 0 saturated heterocycles. The summed E-state index contributed by atoms with van der Waals surface area (Å²) in [6.07, 6.45) is 0.798. The van der Waals surface area contributed by atoms with Gasteiger partial charge in [-0.05, 0) is 12.0 Å². The van der Waals surface area contributed by atoms with E-state index >= 15 is 0 Å². The van der Waals surface area contributed by atoms with Gasteiger partial charge in [0.25, 0.3) is 0 Å². The predicted molar refractivity (Wildman–Crippen MR) is 80.2 cm³/mol. The molecule has 0 saturated carbocycles. The number of rotatable bonds is 7. The van der Waals surface area contributed by atoms with Gasteiger partial charge in [-0.25, -0.2) is 0 Å². The molecule has 0 bridgehead atoms. The van der Waals surface area contributed by atoms with Crippen LogP contribution in [0.25, 0.3) is 0 Å². The first-order chi connectivity index (χ1) is 8.95. The Kier molecular flexibility index (Phi) is 6.22. The molecule has 0 heterocycles. The van der Waals surface area contributed by atoms with E-state index in [0.717, 1.165) is 12.0 Å². The lowest BCUT2D eigenvalue weighted by Crippen LogP contribution is -2.38. The van der Waals surface area contributed by atoms with Crippen LogP contribution in [0.15, 0.2) is 30.3 Å². The van der Waals surface area contributed by atoms with Gasteiger partial charge in [-0.1, -0.05) is 51.1 Å². The van der Waals surface area contributed by atoms with Crippen LogP contribution in [0.4, 0.5) is 0 Å². The van der Waals surface area contributed by atoms with Crippen LogP contribution < -0.4 is 5.32 Å². The highest BCUT2D eigenvalue weighted by molar-refractivity contribution is 7.84. The summed E-state index contributed by atoms with van der Waals surface area (Å²) in [4.78, 5) is 11.8. The van der Waals surface area contributed by atoms with Gasteiger partial charge in [0.2, 0.25) is 5.91 Å². The van der Waals surface area contributed by atoms with E-state index in [0.29, 0.717) is 18.1 Å². The molecule has 0 aromatic heterocycles. The Bertz CT molecular complexity index is 429. The quantitative estimate of drug-likeness (QED) is 0.834. The second-order valence-electron chi connectivity index (χ2n) is 5.27. The van der Waals surface area contributed by atoms with Gasteiger partial charge >= 0.3 is 0 Å². The largest absolute Gasteiger partial charge is 0.355 e. The first-order valence-electron chi connectivity index (χ1n) is 6.63. The Morgan fingerprint density at radius 2 is 1.89 bits per heavy atom. The van der Waals surface area contributed by atoms with Crippen LogP contribution >= 0.6 is 0 Å². The number of hydrogen-bond acceptors (Lipinski definition) is 2. The zero-order valence-electron chi connectivity index (χ0n) is 11.9. The molecule has 0 aliphatic rings. The summed E-state index contributed by atoms with van der Waals surface area (Å²) in [5.74, 6) is 1.08. The van der Waals surface area contributed by atoms with Gasteiger partial charge in [0.15, 0.2) is 0 Å². The smallest absolute Gasteiger partial charge is 0.225 e. The third-order valence-electron chi connectivity index (χ3n) is 3.28. The lowest BCUT2D eigenvalue weighted by atomic mass is 9.89. The van der Waals surface area contributed by atoms with Crippen molar-refractivity contribution in [1.29, 1.82) is 0 Å². The molecule has 0 unspecified atom stereocenters. The van der Waals surface area contributed by atoms with E-state index in [-0.39, 0.29) is 11.3 Å². The average molecular weight is 281 g/mol. The molecule has 1 rings (SSSR count). The molecule has 0 aliphatic heterocycles. The van der Waals surface area contributed by atoms with Crippen molar-refractivity contribution in [2.75, 3.05) is 12.3 Å². The van der Waals surface area contributed by atoms with Crippen LogP contribution in [0.2, 0.25) is 0 Å². The molecule has 1 amide bonds. The Balaban J connectivity index is 2.30. The maximum atomic E-state index is 11.9. The fraction of sp³-hybridized carbons (Fsp3) is 0.533. The van der Waals surface area contributed by atoms with E-state index in [1.54, 1.807) is 0 Å². The maximum absolute atomic E-state index is 11.9. The van der Waals surface area contributed by atoms with Crippen molar-refractivity contribution in [3.63, 3.8) is 0 Å². The standard InChI is InChI=1S/C15H23NO2S/c1-4-15(2,3)14(17)16-10-11-19(18)12-13-8-6-5-7-9-13/h5-9H,4,10-12H2,1-3H3,(H,16,17)/t19-/m1/s1. The molecule has 0 spiro atoms. The summed E-state index contributed by atoms with van der Waals surface area (Å²) in [7, 11) is -0.931. The van der Waals surface area contributed by atoms with Crippen molar-refractivity contribution < 1.29 is 9.00 Å². The highest BCUT2D eigenvalue weighted by atomic mass is 32.2. The molecular weight excluding hydrogens is 258 g/mol. The van der Waals surface area contributed by atoms with Crippen molar-refractivity contribution >= 4 is 16.7 Å². The van der Waals surface area contributed by atoms with Gasteiger partial charge in [-0.3, -0.25) is 9.00 Å². The SMILES string of the molecule is CCC(C)(C)C(=O)NCC[S@@](=O)Cc1ccccc1. The van der Waals surface area contributed by atoms with Crippen LogP contribution in [-0.2, 0) is 21.3 Å². The fourth-order valence-electron chi connectivity index (χ4n) is 1.51. The van der Waals surface area contributed by atoms with Crippen molar-refractivity contribution in [1.82, 2.24) is 5.32 Å². The minimum atomic E-state index is -0.931. The minimum absolute atomic E-state index is 0.0340. The zero-order chi connectivity index (χ0) is 14.3. The molecule has 1 aromatic carbocycles. The molecule has 106 valence electrons. The van der Waals surface area contributed by atoms with Crippen molar-refractivity contribution in [2.24, 2.45) is 5.41 Å². The third-order valence-corrected chi connectivity index (χ3v) is 4.60. The van der Waals surface area contributed by atoms with Crippen LogP contribution in [0.5, 0.6) is 0 Å². The first kappa shape index (κ1) is 15.9. The van der Waals surface area contributed by atoms with Crippen molar-refractivity contribution in [3.8, 4) is 0 Å². The fourth-order valence-corrected chi connectivity index (χ4v) is 2.55. The van der Waals surface area contributed by atoms with Gasteiger partial charge in [-0.15, -0.1) is 0 Å². The first-order valence-corrected chi connectivity index (χ1v) is 8.11. The number of benzene rings is 1. The summed E-state index contributed by atoms with van der Waals surface area (Å²) in [6, 6.07) is 9.77. The highest BCUT2D eigenvalue weighted by Crippen LogP contribution is 2.19. The van der Waals surface area contributed by atoms with Gasteiger partial charge in [0, 0.05) is 34.3 Å². The van der Waals surface area contributed by atoms with Crippen LogP contribution in [0.3, 0.4) is 0 Å². The summed E-state index contributed by atoms with van der Waals surface area (Å²) < 4.78 is 11.9. The Hall–Kier alpha value is -1.16. The second-order valence-corrected chi connectivity index (χ2v) is 6.84. The highest BCUT2D eigenvalue weighted by Gasteiger charge is 2.24. The van der Waals surface area contributed by atoms with Gasteiger partial charge < -0.3 is 5.32 Å². The zero-order valence-corrected chi connectivity index (χ0v) is 12.8. The van der Waals surface area contributed by atoms with E-state index in [9.17, 15) is 9.00 Å². The van der Waals surface area contributed by atoms with E-state index in [1.165, 1.54) is 0 Å². The summed E-state index contributed by atoms with van der Waals surface area (Å²) in [6.45, 7) is 6.31. The Morgan fingerprint density at radius 3 is 2.47 bits per heavy atom. The molecular formula is C15H23NO2S. The molecule has 4 heteroatoms. The van der Waals surface area contributed by atoms with Gasteiger partial charge in [-0.2, -0.15) is 0 Å². The monoisotopic (exact) mass is 281 g/mol. The van der Waals surface area contributed by atoms with E-state index < -0.39 is 10.8 Å². The number of carbonyl (C=O) groups is 1. The lowest BCUT2D eigenvalue weighted by Gasteiger charge is -2.21. The van der Waals surface area contributed by atoms with E-state index in [1.807, 2.05) is 51.1 Å². The number of hydrogen-bond donors (Lipinski definition) is 1.